The number of amides is 1. The van der Waals surface area contributed by atoms with Crippen molar-refractivity contribution in [1.29, 1.82) is 0 Å². The molecule has 11 heteroatoms. The predicted molar refractivity (Wildman–Crippen MR) is 157 cm³/mol. The fourth-order valence-electron chi connectivity index (χ4n) is 4.31. The van der Waals surface area contributed by atoms with Crippen LogP contribution in [0.25, 0.3) is 0 Å². The topological polar surface area (TPSA) is 109 Å². The van der Waals surface area contributed by atoms with E-state index in [0.29, 0.717) is 30.3 Å². The van der Waals surface area contributed by atoms with Gasteiger partial charge in [-0.3, -0.25) is 14.8 Å². The fourth-order valence-corrected chi connectivity index (χ4v) is 5.46. The molecule has 2 atom stereocenters. The van der Waals surface area contributed by atoms with Gasteiger partial charge in [0, 0.05) is 44.5 Å². The average Bonchev–Trinajstić information content (AvgIpc) is 3.33. The molecule has 39 heavy (non-hydrogen) atoms. The van der Waals surface area contributed by atoms with Crippen molar-refractivity contribution in [3.63, 3.8) is 0 Å². The van der Waals surface area contributed by atoms with Crippen molar-refractivity contribution >= 4 is 28.4 Å². The average molecular weight is 562 g/mol. The van der Waals surface area contributed by atoms with E-state index in [2.05, 4.69) is 33.7 Å². The molecule has 2 aliphatic heterocycles. The van der Waals surface area contributed by atoms with Gasteiger partial charge in [-0.1, -0.05) is 26.0 Å². The van der Waals surface area contributed by atoms with E-state index >= 15 is 0 Å². The summed E-state index contributed by atoms with van der Waals surface area (Å²) in [5, 5.41) is 3.79. The largest absolute Gasteiger partial charge is 0.489 e. The van der Waals surface area contributed by atoms with E-state index in [0.717, 1.165) is 56.3 Å². The standard InChI is InChI=1S/C28H43N5O5S/c1-6-9-23(24-17-22(37-15-7-2)18-25(34)38-24)30-27(35)28(4)19-39-26(31-28)21(3)29-20-36-16-8-10-33-13-11-32(5)12-14-33/h7,17-18,23H,2,6,8-16,19-20H2,1,3-5H3,(H,30,35)/t23-,28?/m1/s1. The van der Waals surface area contributed by atoms with Crippen molar-refractivity contribution in [2.75, 3.05) is 65.5 Å². The molecule has 216 valence electrons. The smallest absolute Gasteiger partial charge is 0.339 e. The van der Waals surface area contributed by atoms with Crippen molar-refractivity contribution in [2.45, 2.75) is 51.6 Å². The molecular weight excluding hydrogens is 518 g/mol. The number of aliphatic imine (C=N–C) groups is 2. The first-order valence-electron chi connectivity index (χ1n) is 13.7. The number of rotatable bonds is 15. The number of thioether (sulfide) groups is 1. The highest BCUT2D eigenvalue weighted by Crippen LogP contribution is 2.30. The van der Waals surface area contributed by atoms with E-state index in [1.54, 1.807) is 12.1 Å². The molecule has 1 amide bonds. The van der Waals surface area contributed by atoms with E-state index in [1.807, 2.05) is 20.8 Å². The zero-order chi connectivity index (χ0) is 28.3. The van der Waals surface area contributed by atoms with E-state index < -0.39 is 17.2 Å². The van der Waals surface area contributed by atoms with Gasteiger partial charge in [-0.05, 0) is 33.7 Å². The molecule has 10 nitrogen and oxygen atoms in total. The second-order valence-electron chi connectivity index (χ2n) is 10.2. The lowest BCUT2D eigenvalue weighted by Crippen LogP contribution is -2.45. The molecule has 0 saturated carbocycles. The maximum Gasteiger partial charge on any atom is 0.339 e. The summed E-state index contributed by atoms with van der Waals surface area (Å²) in [5.74, 6) is 1.01. The highest BCUT2D eigenvalue weighted by molar-refractivity contribution is 8.16. The molecule has 1 unspecified atom stereocenters. The van der Waals surface area contributed by atoms with Gasteiger partial charge < -0.3 is 29.0 Å². The number of carbonyl (C=O) groups excluding carboxylic acids is 1. The van der Waals surface area contributed by atoms with Crippen LogP contribution in [0.3, 0.4) is 0 Å². The SMILES string of the molecule is C=CCOc1cc([C@@H](CCC)NC(=O)C2(C)CSC(C(C)=NCOCCCN3CCN(C)CC3)=N2)oc(=O)c1. The molecule has 0 bridgehead atoms. The second kappa shape index (κ2) is 15.4. The van der Waals surface area contributed by atoms with Crippen LogP contribution in [0.5, 0.6) is 5.75 Å². The highest BCUT2D eigenvalue weighted by Gasteiger charge is 2.40. The summed E-state index contributed by atoms with van der Waals surface area (Å²) >= 11 is 1.51. The number of piperazine rings is 1. The fraction of sp³-hybridized carbons (Fsp3) is 0.643. The van der Waals surface area contributed by atoms with E-state index in [-0.39, 0.29) is 19.2 Å². The first-order valence-corrected chi connectivity index (χ1v) is 14.6. The molecule has 3 heterocycles. The van der Waals surface area contributed by atoms with Crippen LogP contribution in [0.1, 0.15) is 51.8 Å². The van der Waals surface area contributed by atoms with Crippen LogP contribution < -0.4 is 15.7 Å². The van der Waals surface area contributed by atoms with Gasteiger partial charge in [0.15, 0.2) is 0 Å². The molecule has 0 spiro atoms. The molecule has 1 N–H and O–H groups in total. The molecular formula is C28H43N5O5S. The molecule has 1 saturated heterocycles. The summed E-state index contributed by atoms with van der Waals surface area (Å²) in [6, 6.07) is 2.45. The lowest BCUT2D eigenvalue weighted by molar-refractivity contribution is -0.125. The van der Waals surface area contributed by atoms with E-state index in [4.69, 9.17) is 18.9 Å². The minimum atomic E-state index is -0.955. The summed E-state index contributed by atoms with van der Waals surface area (Å²) in [5.41, 5.74) is -0.722. The summed E-state index contributed by atoms with van der Waals surface area (Å²) < 4.78 is 16.7. The lowest BCUT2D eigenvalue weighted by atomic mass is 10.0. The van der Waals surface area contributed by atoms with Crippen LogP contribution in [-0.4, -0.2) is 97.5 Å². The third-order valence-corrected chi connectivity index (χ3v) is 8.11. The Morgan fingerprint density at radius 3 is 2.85 bits per heavy atom. The Morgan fingerprint density at radius 2 is 2.13 bits per heavy atom. The number of ether oxygens (including phenoxy) is 2. The molecule has 0 aliphatic carbocycles. The summed E-state index contributed by atoms with van der Waals surface area (Å²) in [4.78, 5) is 39.5. The Labute approximate surface area is 235 Å². The quantitative estimate of drug-likeness (QED) is 0.198. The summed E-state index contributed by atoms with van der Waals surface area (Å²) in [7, 11) is 2.16. The van der Waals surface area contributed by atoms with Gasteiger partial charge in [-0.2, -0.15) is 0 Å². The lowest BCUT2D eigenvalue weighted by Gasteiger charge is -2.32. The molecule has 3 rings (SSSR count). The number of likely N-dealkylation sites (N-methyl/N-ethyl adjacent to an activating group) is 1. The van der Waals surface area contributed by atoms with Crippen molar-refractivity contribution in [3.05, 3.63) is 41.0 Å². The van der Waals surface area contributed by atoms with Crippen molar-refractivity contribution in [1.82, 2.24) is 15.1 Å². The van der Waals surface area contributed by atoms with E-state index in [9.17, 15) is 9.59 Å². The highest BCUT2D eigenvalue weighted by atomic mass is 32.2. The monoisotopic (exact) mass is 561 g/mol. The first kappa shape index (κ1) is 31.1. The maximum absolute atomic E-state index is 13.3. The number of carbonyl (C=O) groups is 1. The molecule has 2 aliphatic rings. The van der Waals surface area contributed by atoms with Crippen LogP contribution in [-0.2, 0) is 9.53 Å². The zero-order valence-electron chi connectivity index (χ0n) is 23.7. The molecule has 1 fully saturated rings. The summed E-state index contributed by atoms with van der Waals surface area (Å²) in [6.45, 7) is 16.1. The van der Waals surface area contributed by atoms with Gasteiger partial charge >= 0.3 is 5.63 Å². The first-order chi connectivity index (χ1) is 18.7. The molecule has 0 radical (unpaired) electrons. The Bertz CT molecular complexity index is 1080. The third-order valence-electron chi connectivity index (χ3n) is 6.75. The van der Waals surface area contributed by atoms with Gasteiger partial charge in [0.1, 0.15) is 35.4 Å². The number of nitrogens with zero attached hydrogens (tertiary/aromatic N) is 4. The Morgan fingerprint density at radius 1 is 1.36 bits per heavy atom. The van der Waals surface area contributed by atoms with Crippen molar-refractivity contribution in [2.24, 2.45) is 9.98 Å². The van der Waals surface area contributed by atoms with Crippen LogP contribution in [0.15, 0.2) is 44.0 Å². The van der Waals surface area contributed by atoms with Crippen LogP contribution in [0.4, 0.5) is 0 Å². The number of hydrogen-bond donors (Lipinski definition) is 1. The van der Waals surface area contributed by atoms with Gasteiger partial charge in [-0.15, -0.1) is 11.8 Å². The maximum atomic E-state index is 13.3. The third kappa shape index (κ3) is 9.59. The molecule has 1 aromatic heterocycles. The summed E-state index contributed by atoms with van der Waals surface area (Å²) in [6.07, 6.45) is 3.97. The molecule has 0 aromatic carbocycles. The predicted octanol–water partition coefficient (Wildman–Crippen LogP) is 3.14. The normalized spacial score (nSPS) is 21.4. The van der Waals surface area contributed by atoms with Crippen molar-refractivity contribution < 1.29 is 18.7 Å². The Hall–Kier alpha value is -2.47. The molecule has 1 aromatic rings. The van der Waals surface area contributed by atoms with E-state index in [1.165, 1.54) is 17.8 Å². The minimum Gasteiger partial charge on any atom is -0.489 e. The minimum absolute atomic E-state index is 0.225. The van der Waals surface area contributed by atoms with Crippen LogP contribution in [0, 0.1) is 0 Å². The number of nitrogens with one attached hydrogen (secondary N) is 1. The van der Waals surface area contributed by atoms with Crippen LogP contribution in [0.2, 0.25) is 0 Å². The van der Waals surface area contributed by atoms with Gasteiger partial charge in [0.2, 0.25) is 5.91 Å². The number of hydrogen-bond acceptors (Lipinski definition) is 10. The van der Waals surface area contributed by atoms with Gasteiger partial charge in [0.25, 0.3) is 0 Å². The Kier molecular flexibility index (Phi) is 12.2. The zero-order valence-corrected chi connectivity index (χ0v) is 24.6. The van der Waals surface area contributed by atoms with Gasteiger partial charge in [0.05, 0.1) is 24.4 Å². The van der Waals surface area contributed by atoms with Crippen LogP contribution >= 0.6 is 11.8 Å². The Balaban J connectivity index is 1.53. The van der Waals surface area contributed by atoms with Crippen molar-refractivity contribution in [3.8, 4) is 5.75 Å². The van der Waals surface area contributed by atoms with Gasteiger partial charge in [-0.25, -0.2) is 4.79 Å². The second-order valence-corrected chi connectivity index (χ2v) is 11.2.